The molecule has 0 aliphatic carbocycles. The van der Waals surface area contributed by atoms with E-state index in [0.29, 0.717) is 6.54 Å². The summed E-state index contributed by atoms with van der Waals surface area (Å²) in [7, 11) is 1.85. The molecule has 25 heavy (non-hydrogen) atoms. The molecular formula is C19H21N5O. The summed E-state index contributed by atoms with van der Waals surface area (Å²) in [5, 5.41) is 3.06. The number of nitrogens with zero attached hydrogens (tertiary/aromatic N) is 4. The molecule has 1 fully saturated rings. The lowest BCUT2D eigenvalue weighted by molar-refractivity contribution is -0.132. The summed E-state index contributed by atoms with van der Waals surface area (Å²) in [5.74, 6) is 0.964. The van der Waals surface area contributed by atoms with Crippen molar-refractivity contribution in [1.29, 1.82) is 0 Å². The molecule has 0 radical (unpaired) electrons. The topological polar surface area (TPSA) is 63.1 Å². The number of benzene rings is 1. The van der Waals surface area contributed by atoms with Crippen molar-refractivity contribution >= 4 is 22.8 Å². The Hall–Kier alpha value is -2.89. The van der Waals surface area contributed by atoms with Crippen LogP contribution < -0.4 is 5.32 Å². The van der Waals surface area contributed by atoms with E-state index in [1.54, 1.807) is 12.5 Å². The first-order valence-electron chi connectivity index (χ1n) is 8.59. The number of para-hydroxylation sites is 2. The Morgan fingerprint density at radius 3 is 3.04 bits per heavy atom. The van der Waals surface area contributed by atoms with Gasteiger partial charge in [0.25, 0.3) is 0 Å². The third kappa shape index (κ3) is 2.95. The number of nitrogens with one attached hydrogen (secondary N) is 1. The summed E-state index contributed by atoms with van der Waals surface area (Å²) in [6.07, 6.45) is 5.56. The van der Waals surface area contributed by atoms with Gasteiger partial charge in [0.2, 0.25) is 5.91 Å². The molecule has 2 aromatic heterocycles. The van der Waals surface area contributed by atoms with Crippen molar-refractivity contribution in [1.82, 2.24) is 19.4 Å². The van der Waals surface area contributed by atoms with Gasteiger partial charge in [-0.25, -0.2) is 9.97 Å². The van der Waals surface area contributed by atoms with Gasteiger partial charge in [-0.3, -0.25) is 4.79 Å². The van der Waals surface area contributed by atoms with Crippen molar-refractivity contribution < 1.29 is 4.79 Å². The van der Waals surface area contributed by atoms with Crippen LogP contribution in [-0.4, -0.2) is 38.9 Å². The zero-order chi connectivity index (χ0) is 17.2. The first kappa shape index (κ1) is 15.6. The van der Waals surface area contributed by atoms with Crippen molar-refractivity contribution in [3.63, 3.8) is 0 Å². The molecule has 0 spiro atoms. The Morgan fingerprint density at radius 2 is 2.16 bits per heavy atom. The molecule has 6 heteroatoms. The molecule has 4 rings (SSSR count). The molecule has 0 bridgehead atoms. The number of hydrogen-bond donors (Lipinski definition) is 1. The lowest BCUT2D eigenvalue weighted by Crippen LogP contribution is -2.33. The molecular weight excluding hydrogens is 314 g/mol. The van der Waals surface area contributed by atoms with Crippen LogP contribution in [0.25, 0.3) is 11.0 Å². The minimum Gasteiger partial charge on any atom is -0.373 e. The van der Waals surface area contributed by atoms with Crippen LogP contribution in [0.15, 0.2) is 48.9 Å². The van der Waals surface area contributed by atoms with E-state index in [1.165, 1.54) is 0 Å². The van der Waals surface area contributed by atoms with E-state index in [9.17, 15) is 4.79 Å². The van der Waals surface area contributed by atoms with Crippen LogP contribution in [0.5, 0.6) is 0 Å². The minimum atomic E-state index is 0.123. The molecule has 1 N–H and O–H groups in total. The van der Waals surface area contributed by atoms with Gasteiger partial charge in [0.1, 0.15) is 12.4 Å². The normalized spacial score (nSPS) is 17.2. The fourth-order valence-electron chi connectivity index (χ4n) is 3.58. The third-order valence-corrected chi connectivity index (χ3v) is 4.83. The molecule has 1 aliphatic heterocycles. The summed E-state index contributed by atoms with van der Waals surface area (Å²) in [6, 6.07) is 12.1. The fourth-order valence-corrected chi connectivity index (χ4v) is 3.58. The number of anilines is 1. The molecule has 1 saturated heterocycles. The van der Waals surface area contributed by atoms with Crippen LogP contribution in [0.4, 0.5) is 5.82 Å². The van der Waals surface area contributed by atoms with Gasteiger partial charge < -0.3 is 14.8 Å². The van der Waals surface area contributed by atoms with E-state index < -0.39 is 0 Å². The van der Waals surface area contributed by atoms with Crippen molar-refractivity contribution in [3.05, 3.63) is 54.5 Å². The summed E-state index contributed by atoms with van der Waals surface area (Å²) in [5.41, 5.74) is 3.05. The van der Waals surface area contributed by atoms with E-state index in [1.807, 2.05) is 52.9 Å². The van der Waals surface area contributed by atoms with Gasteiger partial charge in [0.15, 0.2) is 0 Å². The zero-order valence-electron chi connectivity index (χ0n) is 14.2. The number of aromatic nitrogens is 3. The second-order valence-electron chi connectivity index (χ2n) is 6.33. The van der Waals surface area contributed by atoms with Gasteiger partial charge in [-0.05, 0) is 42.7 Å². The molecule has 1 aromatic carbocycles. The van der Waals surface area contributed by atoms with Crippen molar-refractivity contribution in [3.8, 4) is 0 Å². The summed E-state index contributed by atoms with van der Waals surface area (Å²) in [4.78, 5) is 23.6. The summed E-state index contributed by atoms with van der Waals surface area (Å²) in [6.45, 7) is 1.12. The monoisotopic (exact) mass is 335 g/mol. The van der Waals surface area contributed by atoms with Crippen LogP contribution in [0.3, 0.4) is 0 Å². The van der Waals surface area contributed by atoms with Gasteiger partial charge in [0.05, 0.1) is 23.4 Å². The Morgan fingerprint density at radius 1 is 1.28 bits per heavy atom. The molecule has 128 valence electrons. The predicted octanol–water partition coefficient (Wildman–Crippen LogP) is 2.84. The Balaban J connectivity index is 1.56. The number of fused-ring (bicyclic) bond motifs is 1. The fraction of sp³-hybridized carbons (Fsp3) is 0.316. The number of imidazole rings is 1. The van der Waals surface area contributed by atoms with Crippen LogP contribution >= 0.6 is 0 Å². The highest BCUT2D eigenvalue weighted by atomic mass is 16.2. The van der Waals surface area contributed by atoms with Gasteiger partial charge in [-0.2, -0.15) is 0 Å². The number of carbonyl (C=O) groups excluding carboxylic acids is 1. The van der Waals surface area contributed by atoms with Crippen molar-refractivity contribution in [2.45, 2.75) is 25.4 Å². The quantitative estimate of drug-likeness (QED) is 0.796. The van der Waals surface area contributed by atoms with Crippen LogP contribution in [-0.2, 0) is 11.3 Å². The van der Waals surface area contributed by atoms with Gasteiger partial charge in [-0.15, -0.1) is 0 Å². The Bertz CT molecular complexity index is 903. The van der Waals surface area contributed by atoms with E-state index in [-0.39, 0.29) is 11.9 Å². The summed E-state index contributed by atoms with van der Waals surface area (Å²) < 4.78 is 1.93. The standard InChI is InChI=1S/C19H21N5O/c1-20-18-11-14(8-9-21-18)16-7-4-10-24(16)19(25)12-23-13-22-15-5-2-3-6-17(15)23/h2-3,5-6,8-9,11,13,16H,4,7,10,12H2,1H3,(H,20,21). The van der Waals surface area contributed by atoms with Crippen molar-refractivity contribution in [2.75, 3.05) is 18.9 Å². The maximum absolute atomic E-state index is 12.9. The molecule has 0 saturated carbocycles. The van der Waals surface area contributed by atoms with E-state index in [4.69, 9.17) is 0 Å². The zero-order valence-corrected chi connectivity index (χ0v) is 14.2. The maximum atomic E-state index is 12.9. The predicted molar refractivity (Wildman–Crippen MR) is 97.2 cm³/mol. The third-order valence-electron chi connectivity index (χ3n) is 4.83. The maximum Gasteiger partial charge on any atom is 0.243 e. The lowest BCUT2D eigenvalue weighted by Gasteiger charge is -2.25. The molecule has 1 unspecified atom stereocenters. The van der Waals surface area contributed by atoms with E-state index >= 15 is 0 Å². The number of likely N-dealkylation sites (tertiary alicyclic amines) is 1. The molecule has 3 aromatic rings. The highest BCUT2D eigenvalue weighted by Gasteiger charge is 2.30. The molecule has 1 amide bonds. The van der Waals surface area contributed by atoms with Gasteiger partial charge in [0, 0.05) is 19.8 Å². The second kappa shape index (κ2) is 6.55. The molecule has 6 nitrogen and oxygen atoms in total. The van der Waals surface area contributed by atoms with Gasteiger partial charge in [-0.1, -0.05) is 12.1 Å². The number of amides is 1. The Kier molecular flexibility index (Phi) is 4.09. The minimum absolute atomic E-state index is 0.123. The summed E-state index contributed by atoms with van der Waals surface area (Å²) >= 11 is 0. The highest BCUT2D eigenvalue weighted by molar-refractivity contribution is 5.81. The van der Waals surface area contributed by atoms with Gasteiger partial charge >= 0.3 is 0 Å². The molecule has 1 atom stereocenters. The van der Waals surface area contributed by atoms with Crippen molar-refractivity contribution in [2.24, 2.45) is 0 Å². The molecule has 1 aliphatic rings. The largest absolute Gasteiger partial charge is 0.373 e. The Labute approximate surface area is 146 Å². The first-order valence-corrected chi connectivity index (χ1v) is 8.59. The number of hydrogen-bond acceptors (Lipinski definition) is 4. The highest BCUT2D eigenvalue weighted by Crippen LogP contribution is 2.32. The van der Waals surface area contributed by atoms with Crippen LogP contribution in [0, 0.1) is 0 Å². The van der Waals surface area contributed by atoms with E-state index in [0.717, 1.165) is 41.8 Å². The SMILES string of the molecule is CNc1cc(C2CCCN2C(=O)Cn2cnc3ccccc32)ccn1. The molecule has 3 heterocycles. The van der Waals surface area contributed by atoms with E-state index in [2.05, 4.69) is 15.3 Å². The number of carbonyl (C=O) groups is 1. The second-order valence-corrected chi connectivity index (χ2v) is 6.33. The first-order chi connectivity index (χ1) is 12.3. The van der Waals surface area contributed by atoms with Crippen LogP contribution in [0.1, 0.15) is 24.4 Å². The smallest absolute Gasteiger partial charge is 0.243 e. The average Bonchev–Trinajstić information content (AvgIpc) is 3.29. The average molecular weight is 335 g/mol. The van der Waals surface area contributed by atoms with Crippen LogP contribution in [0.2, 0.25) is 0 Å². The lowest BCUT2D eigenvalue weighted by atomic mass is 10.1. The number of rotatable bonds is 4. The number of pyridine rings is 1.